The van der Waals surface area contributed by atoms with Gasteiger partial charge in [0.2, 0.25) is 0 Å². The quantitative estimate of drug-likeness (QED) is 0.614. The number of hydrogen-bond acceptors (Lipinski definition) is 6. The molecule has 0 aliphatic heterocycles. The van der Waals surface area contributed by atoms with Gasteiger partial charge in [0.1, 0.15) is 23.9 Å². The van der Waals surface area contributed by atoms with Crippen LogP contribution in [0.25, 0.3) is 11.3 Å². The van der Waals surface area contributed by atoms with Crippen LogP contribution in [0.2, 0.25) is 0 Å². The minimum absolute atomic E-state index is 0.0128. The number of nitriles is 1. The van der Waals surface area contributed by atoms with Gasteiger partial charge in [-0.3, -0.25) is 4.79 Å². The van der Waals surface area contributed by atoms with Crippen LogP contribution in [-0.4, -0.2) is 25.7 Å². The predicted molar refractivity (Wildman–Crippen MR) is 115 cm³/mol. The van der Waals surface area contributed by atoms with Crippen molar-refractivity contribution >= 4 is 5.78 Å². The van der Waals surface area contributed by atoms with Crippen molar-refractivity contribution in [3.8, 4) is 17.3 Å². The van der Waals surface area contributed by atoms with E-state index in [0.29, 0.717) is 18.7 Å². The summed E-state index contributed by atoms with van der Waals surface area (Å²) in [7, 11) is 0. The van der Waals surface area contributed by atoms with Gasteiger partial charge in [0, 0.05) is 34.9 Å². The standard InChI is InChI=1S/C25H22FN5O/c1-14-21-8-7-20-22(17-11-28-13-29-12-17)30-15(2)31-24(20)25(21,9-16(10-27)23(14)32)18-3-5-19(26)6-4-18/h3-6,11-14,16,21H,7-9H2,1-2H3/t14-,16?,21-,25+/m0/s1. The van der Waals surface area contributed by atoms with Crippen LogP contribution in [0, 0.1) is 41.8 Å². The predicted octanol–water partition coefficient (Wildman–Crippen LogP) is 3.98. The second-order valence-corrected chi connectivity index (χ2v) is 8.77. The molecule has 0 spiro atoms. The number of Topliss-reactive ketones (excluding diaryl/α,β-unsaturated/α-hetero) is 1. The molecule has 160 valence electrons. The Morgan fingerprint density at radius 3 is 2.56 bits per heavy atom. The van der Waals surface area contributed by atoms with E-state index in [1.54, 1.807) is 24.5 Å². The number of carbonyl (C=O) groups excluding carboxylic acids is 1. The molecule has 4 atom stereocenters. The maximum atomic E-state index is 13.9. The molecule has 0 saturated heterocycles. The van der Waals surface area contributed by atoms with Gasteiger partial charge >= 0.3 is 0 Å². The number of rotatable bonds is 2. The van der Waals surface area contributed by atoms with E-state index in [0.717, 1.165) is 34.5 Å². The zero-order valence-corrected chi connectivity index (χ0v) is 17.9. The molecule has 6 nitrogen and oxygen atoms in total. The molecule has 2 aromatic heterocycles. The van der Waals surface area contributed by atoms with E-state index in [4.69, 9.17) is 9.97 Å². The summed E-state index contributed by atoms with van der Waals surface area (Å²) in [6.45, 7) is 3.76. The average Bonchev–Trinajstić information content (AvgIpc) is 2.81. The lowest BCUT2D eigenvalue weighted by Crippen LogP contribution is -2.53. The van der Waals surface area contributed by atoms with Gasteiger partial charge in [-0.25, -0.2) is 24.3 Å². The van der Waals surface area contributed by atoms with E-state index < -0.39 is 11.3 Å². The van der Waals surface area contributed by atoms with Crippen molar-refractivity contribution in [2.45, 2.75) is 38.5 Å². The Labute approximate surface area is 185 Å². The molecule has 2 aliphatic carbocycles. The number of benzene rings is 1. The number of nitrogens with zero attached hydrogens (tertiary/aromatic N) is 5. The van der Waals surface area contributed by atoms with Crippen LogP contribution in [0.5, 0.6) is 0 Å². The molecule has 1 saturated carbocycles. The molecule has 1 fully saturated rings. The van der Waals surface area contributed by atoms with Gasteiger partial charge < -0.3 is 0 Å². The summed E-state index contributed by atoms with van der Waals surface area (Å²) in [4.78, 5) is 30.9. The topological polar surface area (TPSA) is 92.4 Å². The van der Waals surface area contributed by atoms with Crippen molar-refractivity contribution < 1.29 is 9.18 Å². The number of carbonyl (C=O) groups is 1. The van der Waals surface area contributed by atoms with E-state index in [1.165, 1.54) is 18.5 Å². The Kier molecular flexibility index (Phi) is 4.81. The molecule has 0 amide bonds. The Morgan fingerprint density at radius 2 is 1.88 bits per heavy atom. The third-order valence-electron chi connectivity index (χ3n) is 7.15. The van der Waals surface area contributed by atoms with Crippen molar-refractivity contribution in [3.05, 3.63) is 71.4 Å². The molecule has 3 aromatic rings. The summed E-state index contributed by atoms with van der Waals surface area (Å²) < 4.78 is 13.9. The van der Waals surface area contributed by atoms with Gasteiger partial charge in [0.25, 0.3) is 0 Å². The molecule has 1 aromatic carbocycles. The van der Waals surface area contributed by atoms with Crippen LogP contribution < -0.4 is 0 Å². The molecule has 0 N–H and O–H groups in total. The number of fused-ring (bicyclic) bond motifs is 3. The highest BCUT2D eigenvalue weighted by atomic mass is 19.1. The van der Waals surface area contributed by atoms with Gasteiger partial charge in [-0.15, -0.1) is 0 Å². The first-order chi connectivity index (χ1) is 15.5. The van der Waals surface area contributed by atoms with E-state index in [1.807, 2.05) is 13.8 Å². The molecule has 0 bridgehead atoms. The van der Waals surface area contributed by atoms with Crippen LogP contribution in [0.4, 0.5) is 4.39 Å². The van der Waals surface area contributed by atoms with E-state index in [2.05, 4.69) is 16.0 Å². The first-order valence-corrected chi connectivity index (χ1v) is 10.8. The summed E-state index contributed by atoms with van der Waals surface area (Å²) in [6, 6.07) is 8.66. The third kappa shape index (κ3) is 2.94. The summed E-state index contributed by atoms with van der Waals surface area (Å²) in [5.74, 6) is -0.812. The zero-order chi connectivity index (χ0) is 22.5. The summed E-state index contributed by atoms with van der Waals surface area (Å²) in [5.41, 5.74) is 3.63. The smallest absolute Gasteiger partial charge is 0.153 e. The summed E-state index contributed by atoms with van der Waals surface area (Å²) in [5, 5.41) is 9.83. The molecule has 5 rings (SSSR count). The second-order valence-electron chi connectivity index (χ2n) is 8.77. The van der Waals surface area contributed by atoms with Crippen LogP contribution >= 0.6 is 0 Å². The van der Waals surface area contributed by atoms with E-state index in [-0.39, 0.29) is 23.4 Å². The van der Waals surface area contributed by atoms with Crippen LogP contribution in [-0.2, 0) is 16.6 Å². The molecule has 2 aliphatic rings. The highest BCUT2D eigenvalue weighted by Crippen LogP contribution is 2.56. The van der Waals surface area contributed by atoms with Crippen molar-refractivity contribution in [1.82, 2.24) is 19.9 Å². The Morgan fingerprint density at radius 1 is 1.16 bits per heavy atom. The third-order valence-corrected chi connectivity index (χ3v) is 7.15. The van der Waals surface area contributed by atoms with E-state index in [9.17, 15) is 14.4 Å². The first-order valence-electron chi connectivity index (χ1n) is 10.8. The fraction of sp³-hybridized carbons (Fsp3) is 0.360. The minimum atomic E-state index is -0.740. The molecular weight excluding hydrogens is 405 g/mol. The van der Waals surface area contributed by atoms with Crippen LogP contribution in [0.3, 0.4) is 0 Å². The lowest BCUT2D eigenvalue weighted by molar-refractivity contribution is -0.131. The highest BCUT2D eigenvalue weighted by molar-refractivity contribution is 5.87. The molecule has 2 heterocycles. The largest absolute Gasteiger partial charge is 0.298 e. The molecule has 1 unspecified atom stereocenters. The average molecular weight is 427 g/mol. The van der Waals surface area contributed by atoms with Gasteiger partial charge in [-0.2, -0.15) is 5.26 Å². The van der Waals surface area contributed by atoms with Gasteiger partial charge in [-0.1, -0.05) is 19.1 Å². The molecule has 32 heavy (non-hydrogen) atoms. The zero-order valence-electron chi connectivity index (χ0n) is 17.9. The van der Waals surface area contributed by atoms with Crippen molar-refractivity contribution in [2.75, 3.05) is 0 Å². The fourth-order valence-corrected chi connectivity index (χ4v) is 5.77. The fourth-order valence-electron chi connectivity index (χ4n) is 5.77. The Hall–Kier alpha value is -3.53. The van der Waals surface area contributed by atoms with E-state index >= 15 is 0 Å². The van der Waals surface area contributed by atoms with Crippen LogP contribution in [0.1, 0.15) is 42.4 Å². The van der Waals surface area contributed by atoms with Gasteiger partial charge in [0.05, 0.1) is 17.5 Å². The number of aryl methyl sites for hydroxylation is 1. The van der Waals surface area contributed by atoms with Crippen molar-refractivity contribution in [2.24, 2.45) is 17.8 Å². The molecule has 0 radical (unpaired) electrons. The summed E-state index contributed by atoms with van der Waals surface area (Å²) >= 11 is 0. The van der Waals surface area contributed by atoms with Crippen molar-refractivity contribution in [1.29, 1.82) is 5.26 Å². The normalized spacial score (nSPS) is 26.7. The van der Waals surface area contributed by atoms with Crippen LogP contribution in [0.15, 0.2) is 43.0 Å². The second kappa shape index (κ2) is 7.56. The maximum Gasteiger partial charge on any atom is 0.153 e. The lowest BCUT2D eigenvalue weighted by Gasteiger charge is -2.51. The summed E-state index contributed by atoms with van der Waals surface area (Å²) in [6.07, 6.45) is 6.74. The maximum absolute atomic E-state index is 13.9. The Bertz CT molecular complexity index is 1240. The number of halogens is 1. The Balaban J connectivity index is 1.83. The molecular formula is C25H22FN5O. The minimum Gasteiger partial charge on any atom is -0.298 e. The highest BCUT2D eigenvalue weighted by Gasteiger charge is 2.56. The monoisotopic (exact) mass is 427 g/mol. The molecule has 7 heteroatoms. The number of ketones is 1. The lowest BCUT2D eigenvalue weighted by atomic mass is 9.50. The van der Waals surface area contributed by atoms with Crippen molar-refractivity contribution in [3.63, 3.8) is 0 Å². The first kappa shape index (κ1) is 20.4. The SMILES string of the molecule is Cc1nc(-c2cncnc2)c2c(n1)[C@@]1(c3ccc(F)cc3)CC(C#N)C(=O)[C@@H](C)[C@@H]1CC2. The van der Waals surface area contributed by atoms with Gasteiger partial charge in [-0.05, 0) is 49.8 Å². The van der Waals surface area contributed by atoms with Gasteiger partial charge in [0.15, 0.2) is 5.78 Å². The number of aromatic nitrogens is 4. The number of hydrogen-bond donors (Lipinski definition) is 0.